The van der Waals surface area contributed by atoms with E-state index in [9.17, 15) is 14.9 Å². The summed E-state index contributed by atoms with van der Waals surface area (Å²) in [5, 5.41) is 9.98. The molecule has 2 rings (SSSR count). The minimum atomic E-state index is -0.611. The van der Waals surface area contributed by atoms with Crippen LogP contribution in [0.2, 0.25) is 0 Å². The van der Waals surface area contributed by atoms with E-state index in [-0.39, 0.29) is 12.1 Å². The Bertz CT molecular complexity index is 501. The van der Waals surface area contributed by atoms with Crippen LogP contribution in [0.1, 0.15) is 15.9 Å². The van der Waals surface area contributed by atoms with E-state index in [0.29, 0.717) is 31.9 Å². The molecule has 0 unspecified atom stereocenters. The molecule has 1 aliphatic rings. The second-order valence-electron chi connectivity index (χ2n) is 4.25. The Morgan fingerprint density at radius 2 is 2.05 bits per heavy atom. The number of hydrogen-bond acceptors (Lipinski definition) is 5. The summed E-state index contributed by atoms with van der Waals surface area (Å²) in [4.78, 5) is 23.5. The van der Waals surface area contributed by atoms with Crippen LogP contribution in [-0.2, 0) is 11.3 Å². The van der Waals surface area contributed by atoms with Crippen molar-refractivity contribution in [3.63, 3.8) is 0 Å². The summed E-state index contributed by atoms with van der Waals surface area (Å²) < 4.78 is 5.25. The van der Waals surface area contributed by atoms with Crippen molar-refractivity contribution >= 4 is 22.5 Å². The zero-order chi connectivity index (χ0) is 13.8. The van der Waals surface area contributed by atoms with Gasteiger partial charge in [-0.15, -0.1) is 0 Å². The van der Waals surface area contributed by atoms with E-state index in [4.69, 9.17) is 16.3 Å². The molecule has 1 fully saturated rings. The molecule has 1 aromatic rings. The van der Waals surface area contributed by atoms with Crippen LogP contribution in [0.5, 0.6) is 0 Å². The Kier molecular flexibility index (Phi) is 4.34. The number of rotatable bonds is 4. The average Bonchev–Trinajstić information content (AvgIpc) is 2.38. The summed E-state index contributed by atoms with van der Waals surface area (Å²) in [5.41, 5.74) is 1.52. The fourth-order valence-corrected chi connectivity index (χ4v) is 2.14. The molecule has 6 nitrogen and oxygen atoms in total. The van der Waals surface area contributed by atoms with E-state index in [1.54, 1.807) is 12.1 Å². The number of anilines is 1. The molecule has 0 bridgehead atoms. The summed E-state index contributed by atoms with van der Waals surface area (Å²) in [6.07, 6.45) is 0. The highest BCUT2D eigenvalue weighted by molar-refractivity contribution is 6.67. The molecule has 0 aromatic heterocycles. The van der Waals surface area contributed by atoms with Crippen molar-refractivity contribution in [3.05, 3.63) is 39.4 Å². The highest BCUT2D eigenvalue weighted by atomic mass is 35.5. The minimum Gasteiger partial charge on any atom is -0.378 e. The quantitative estimate of drug-likeness (QED) is 0.478. The standard InChI is InChI=1S/C12H13ClN2O4/c13-12(16)10-5-9(8-15(17)18)6-11(7-10)14-1-3-19-4-2-14/h5-7H,1-4,8H2. The van der Waals surface area contributed by atoms with Gasteiger partial charge in [0.1, 0.15) is 0 Å². The summed E-state index contributed by atoms with van der Waals surface area (Å²) in [6.45, 7) is 2.26. The largest absolute Gasteiger partial charge is 0.378 e. The topological polar surface area (TPSA) is 72.7 Å². The highest BCUT2D eigenvalue weighted by Crippen LogP contribution is 2.22. The number of morpholine rings is 1. The van der Waals surface area contributed by atoms with Crippen LogP contribution in [0.3, 0.4) is 0 Å². The van der Waals surface area contributed by atoms with Crippen molar-refractivity contribution in [3.8, 4) is 0 Å². The maximum absolute atomic E-state index is 11.3. The molecule has 0 aliphatic carbocycles. The van der Waals surface area contributed by atoms with Crippen molar-refractivity contribution in [2.45, 2.75) is 6.54 Å². The third-order valence-electron chi connectivity index (χ3n) is 2.89. The SMILES string of the molecule is O=C(Cl)c1cc(C[N+](=O)[O-])cc(N2CCOCC2)c1. The van der Waals surface area contributed by atoms with Gasteiger partial charge < -0.3 is 9.64 Å². The lowest BCUT2D eigenvalue weighted by Gasteiger charge is -2.29. The summed E-state index contributed by atoms with van der Waals surface area (Å²) in [7, 11) is 0. The zero-order valence-corrected chi connectivity index (χ0v) is 10.9. The Morgan fingerprint density at radius 3 is 2.63 bits per heavy atom. The molecule has 0 saturated carbocycles. The molecule has 7 heteroatoms. The number of halogens is 1. The van der Waals surface area contributed by atoms with Crippen LogP contribution in [0, 0.1) is 10.1 Å². The third-order valence-corrected chi connectivity index (χ3v) is 3.11. The Morgan fingerprint density at radius 1 is 1.37 bits per heavy atom. The van der Waals surface area contributed by atoms with Crippen LogP contribution < -0.4 is 4.90 Å². The van der Waals surface area contributed by atoms with Crippen molar-refractivity contribution in [2.75, 3.05) is 31.2 Å². The molecule has 0 amide bonds. The van der Waals surface area contributed by atoms with E-state index in [1.165, 1.54) is 6.07 Å². The smallest absolute Gasteiger partial charge is 0.252 e. The van der Waals surface area contributed by atoms with Gasteiger partial charge in [-0.3, -0.25) is 14.9 Å². The lowest BCUT2D eigenvalue weighted by Crippen LogP contribution is -2.36. The van der Waals surface area contributed by atoms with Gasteiger partial charge >= 0.3 is 0 Å². The number of carbonyl (C=O) groups is 1. The van der Waals surface area contributed by atoms with Crippen molar-refractivity contribution in [1.82, 2.24) is 0 Å². The predicted octanol–water partition coefficient (Wildman–Crippen LogP) is 1.68. The van der Waals surface area contributed by atoms with Crippen LogP contribution in [0.25, 0.3) is 0 Å². The molecular formula is C12H13ClN2O4. The normalized spacial score (nSPS) is 15.3. The molecular weight excluding hydrogens is 272 g/mol. The fraction of sp³-hybridized carbons (Fsp3) is 0.417. The minimum absolute atomic E-state index is 0.280. The number of nitrogens with zero attached hydrogens (tertiary/aromatic N) is 2. The molecule has 1 aromatic carbocycles. The summed E-state index contributed by atoms with van der Waals surface area (Å²) in [5.74, 6) is 0. The number of ether oxygens (including phenoxy) is 1. The molecule has 1 heterocycles. The molecule has 0 spiro atoms. The Hall–Kier alpha value is -1.66. The van der Waals surface area contributed by atoms with Crippen molar-refractivity contribution < 1.29 is 14.5 Å². The van der Waals surface area contributed by atoms with Crippen LogP contribution in [-0.4, -0.2) is 36.5 Å². The molecule has 0 atom stereocenters. The Labute approximate surface area is 115 Å². The van der Waals surface area contributed by atoms with E-state index in [1.807, 2.05) is 4.90 Å². The van der Waals surface area contributed by atoms with Gasteiger partial charge in [-0.1, -0.05) is 0 Å². The first-order chi connectivity index (χ1) is 9.06. The molecule has 1 aliphatic heterocycles. The first-order valence-corrected chi connectivity index (χ1v) is 6.22. The average molecular weight is 285 g/mol. The van der Waals surface area contributed by atoms with Gasteiger partial charge in [0.05, 0.1) is 13.2 Å². The molecule has 102 valence electrons. The van der Waals surface area contributed by atoms with Gasteiger partial charge in [-0.25, -0.2) is 0 Å². The number of nitro groups is 1. The van der Waals surface area contributed by atoms with Crippen LogP contribution in [0.4, 0.5) is 5.69 Å². The second kappa shape index (κ2) is 5.99. The Balaban J connectivity index is 2.32. The van der Waals surface area contributed by atoms with Gasteiger partial charge in [0.25, 0.3) is 5.24 Å². The van der Waals surface area contributed by atoms with Gasteiger partial charge in [0.15, 0.2) is 0 Å². The number of benzene rings is 1. The van der Waals surface area contributed by atoms with Gasteiger partial charge in [0, 0.05) is 34.8 Å². The lowest BCUT2D eigenvalue weighted by atomic mass is 10.1. The van der Waals surface area contributed by atoms with Crippen molar-refractivity contribution in [2.24, 2.45) is 0 Å². The van der Waals surface area contributed by atoms with E-state index in [2.05, 4.69) is 0 Å². The summed E-state index contributed by atoms with van der Waals surface area (Å²) in [6, 6.07) is 4.84. The van der Waals surface area contributed by atoms with Crippen LogP contribution >= 0.6 is 11.6 Å². The number of hydrogen-bond donors (Lipinski definition) is 0. The van der Waals surface area contributed by atoms with E-state index < -0.39 is 10.2 Å². The van der Waals surface area contributed by atoms with Crippen molar-refractivity contribution in [1.29, 1.82) is 0 Å². The first kappa shape index (κ1) is 13.8. The molecule has 1 saturated heterocycles. The summed E-state index contributed by atoms with van der Waals surface area (Å²) >= 11 is 5.47. The fourth-order valence-electron chi connectivity index (χ4n) is 2.03. The van der Waals surface area contributed by atoms with Gasteiger partial charge in [0.2, 0.25) is 6.54 Å². The molecule has 19 heavy (non-hydrogen) atoms. The monoisotopic (exact) mass is 284 g/mol. The van der Waals surface area contributed by atoms with Gasteiger partial charge in [-0.05, 0) is 29.8 Å². The van der Waals surface area contributed by atoms with E-state index >= 15 is 0 Å². The lowest BCUT2D eigenvalue weighted by molar-refractivity contribution is -0.496. The third kappa shape index (κ3) is 3.65. The van der Waals surface area contributed by atoms with E-state index in [0.717, 1.165) is 5.69 Å². The first-order valence-electron chi connectivity index (χ1n) is 5.84. The predicted molar refractivity (Wildman–Crippen MR) is 70.4 cm³/mol. The zero-order valence-electron chi connectivity index (χ0n) is 10.2. The molecule has 0 N–H and O–H groups in total. The maximum Gasteiger partial charge on any atom is 0.252 e. The number of carbonyl (C=O) groups excluding carboxylic acids is 1. The highest BCUT2D eigenvalue weighted by Gasteiger charge is 2.16. The van der Waals surface area contributed by atoms with Gasteiger partial charge in [-0.2, -0.15) is 0 Å². The van der Waals surface area contributed by atoms with Crippen LogP contribution in [0.15, 0.2) is 18.2 Å². The molecule has 0 radical (unpaired) electrons. The maximum atomic E-state index is 11.3. The second-order valence-corrected chi connectivity index (χ2v) is 4.60.